The van der Waals surface area contributed by atoms with Crippen molar-refractivity contribution >= 4 is 34.7 Å². The zero-order valence-electron chi connectivity index (χ0n) is 9.14. The normalized spacial score (nSPS) is 19.6. The fraction of sp³-hybridized carbons (Fsp3) is 0.167. The van der Waals surface area contributed by atoms with E-state index >= 15 is 0 Å². The minimum Gasteiger partial charge on any atom is -0.300 e. The molecule has 1 aromatic carbocycles. The third-order valence-corrected chi connectivity index (χ3v) is 2.66. The van der Waals surface area contributed by atoms with Gasteiger partial charge in [-0.05, 0) is 24.7 Å². The molecule has 1 amide bonds. The molecule has 1 atom stereocenters. The van der Waals surface area contributed by atoms with Gasteiger partial charge >= 0.3 is 0 Å². The number of carbonyl (C=O) groups is 2. The topological polar surface area (TPSA) is 58.5 Å². The van der Waals surface area contributed by atoms with Gasteiger partial charge in [-0.2, -0.15) is 0 Å². The summed E-state index contributed by atoms with van der Waals surface area (Å²) in [7, 11) is 0. The van der Waals surface area contributed by atoms with Crippen LogP contribution in [0.4, 0.5) is 0 Å². The van der Waals surface area contributed by atoms with Crippen molar-refractivity contribution in [1.82, 2.24) is 5.32 Å². The predicted molar refractivity (Wildman–Crippen MR) is 67.9 cm³/mol. The van der Waals surface area contributed by atoms with Gasteiger partial charge in [0, 0.05) is 0 Å². The molecule has 0 aliphatic carbocycles. The minimum atomic E-state index is -0.871. The molecule has 2 rings (SSSR count). The van der Waals surface area contributed by atoms with Gasteiger partial charge in [-0.1, -0.05) is 30.3 Å². The molecule has 1 aromatic rings. The maximum absolute atomic E-state index is 11.7. The van der Waals surface area contributed by atoms with E-state index in [4.69, 9.17) is 12.2 Å². The maximum Gasteiger partial charge on any atom is 0.242 e. The smallest absolute Gasteiger partial charge is 0.242 e. The first-order valence-electron chi connectivity index (χ1n) is 5.09. The lowest BCUT2D eigenvalue weighted by Crippen LogP contribution is -2.46. The van der Waals surface area contributed by atoms with Crippen molar-refractivity contribution < 1.29 is 9.59 Å². The van der Waals surface area contributed by atoms with E-state index in [-0.39, 0.29) is 10.9 Å². The van der Waals surface area contributed by atoms with Crippen LogP contribution in [0.15, 0.2) is 35.3 Å². The van der Waals surface area contributed by atoms with Crippen LogP contribution in [0.5, 0.6) is 0 Å². The number of nitrogens with one attached hydrogen (secondary N) is 1. The van der Waals surface area contributed by atoms with Crippen LogP contribution in [-0.2, 0) is 9.59 Å². The Morgan fingerprint density at radius 3 is 2.59 bits per heavy atom. The van der Waals surface area contributed by atoms with Gasteiger partial charge in [-0.3, -0.25) is 9.59 Å². The summed E-state index contributed by atoms with van der Waals surface area (Å²) in [6, 6.07) is 9.11. The van der Waals surface area contributed by atoms with Gasteiger partial charge in [0.25, 0.3) is 0 Å². The number of amides is 1. The number of carbonyl (C=O) groups excluding carboxylic acids is 2. The molecule has 17 heavy (non-hydrogen) atoms. The molecule has 1 unspecified atom stereocenters. The highest BCUT2D eigenvalue weighted by molar-refractivity contribution is 7.80. The molecule has 1 aliphatic heterocycles. The van der Waals surface area contributed by atoms with Gasteiger partial charge in [-0.15, -0.1) is 0 Å². The number of benzene rings is 1. The Morgan fingerprint density at radius 1 is 1.35 bits per heavy atom. The molecule has 0 saturated heterocycles. The van der Waals surface area contributed by atoms with Gasteiger partial charge in [0.15, 0.2) is 5.11 Å². The van der Waals surface area contributed by atoms with Gasteiger partial charge in [0.2, 0.25) is 5.91 Å². The van der Waals surface area contributed by atoms with Gasteiger partial charge < -0.3 is 5.32 Å². The van der Waals surface area contributed by atoms with Crippen LogP contribution in [0.2, 0.25) is 0 Å². The molecule has 0 aromatic heterocycles. The number of hydrogen-bond donors (Lipinski definition) is 1. The third kappa shape index (κ3) is 2.29. The molecule has 1 heterocycles. The first-order chi connectivity index (χ1) is 8.09. The molecular weight excluding hydrogens is 236 g/mol. The number of rotatable bonds is 2. The van der Waals surface area contributed by atoms with Crippen LogP contribution in [-0.4, -0.2) is 22.5 Å². The average molecular weight is 246 g/mol. The maximum atomic E-state index is 11.7. The van der Waals surface area contributed by atoms with E-state index in [1.807, 2.05) is 18.2 Å². The van der Waals surface area contributed by atoms with Crippen LogP contribution in [0.3, 0.4) is 0 Å². The second kappa shape index (κ2) is 4.55. The lowest BCUT2D eigenvalue weighted by Gasteiger charge is -2.21. The summed E-state index contributed by atoms with van der Waals surface area (Å²) in [5.41, 5.74) is 1.16. The Kier molecular flexibility index (Phi) is 3.10. The van der Waals surface area contributed by atoms with E-state index in [1.165, 1.54) is 6.92 Å². The largest absolute Gasteiger partial charge is 0.300 e. The number of nitrogens with zero attached hydrogens (tertiary/aromatic N) is 1. The molecule has 4 nitrogen and oxygen atoms in total. The molecule has 86 valence electrons. The van der Waals surface area contributed by atoms with E-state index in [0.717, 1.165) is 5.56 Å². The van der Waals surface area contributed by atoms with Crippen LogP contribution >= 0.6 is 12.2 Å². The minimum absolute atomic E-state index is 0.103. The number of Topliss-reactive ketones (excluding diaryl/α,β-unsaturated/α-hetero) is 1. The Labute approximate surface area is 104 Å². The second-order valence-corrected chi connectivity index (χ2v) is 4.09. The quantitative estimate of drug-likeness (QED) is 0.628. The van der Waals surface area contributed by atoms with Crippen molar-refractivity contribution in [2.75, 3.05) is 0 Å². The highest BCUT2D eigenvalue weighted by Gasteiger charge is 2.33. The third-order valence-electron chi connectivity index (χ3n) is 2.46. The first kappa shape index (κ1) is 11.6. The number of ketones is 1. The Hall–Kier alpha value is -1.88. The highest BCUT2D eigenvalue weighted by atomic mass is 32.1. The van der Waals surface area contributed by atoms with Gasteiger partial charge in [0.05, 0.1) is 5.71 Å². The van der Waals surface area contributed by atoms with E-state index in [0.29, 0.717) is 5.71 Å². The summed E-state index contributed by atoms with van der Waals surface area (Å²) >= 11 is 4.87. The zero-order valence-corrected chi connectivity index (χ0v) is 9.95. The molecule has 1 aliphatic rings. The second-order valence-electron chi connectivity index (χ2n) is 3.70. The molecule has 1 N–H and O–H groups in total. The summed E-state index contributed by atoms with van der Waals surface area (Å²) in [5, 5.41) is 2.50. The van der Waals surface area contributed by atoms with Gasteiger partial charge in [-0.25, -0.2) is 4.99 Å². The Morgan fingerprint density at radius 2 is 2.00 bits per heavy atom. The van der Waals surface area contributed by atoms with Crippen molar-refractivity contribution in [3.8, 4) is 0 Å². The highest BCUT2D eigenvalue weighted by Crippen LogP contribution is 2.15. The van der Waals surface area contributed by atoms with Crippen molar-refractivity contribution in [2.24, 2.45) is 10.9 Å². The van der Waals surface area contributed by atoms with E-state index in [2.05, 4.69) is 10.3 Å². The lowest BCUT2D eigenvalue weighted by molar-refractivity contribution is -0.129. The van der Waals surface area contributed by atoms with Gasteiger partial charge in [0.1, 0.15) is 11.7 Å². The standard InChI is InChI=1S/C12H10N2O2S/c1-7(15)9-10(8-5-3-2-4-6-8)13-12(17)14-11(9)16/h2-6,9H,1H3,(H,14,16,17). The zero-order chi connectivity index (χ0) is 12.4. The molecule has 0 saturated carbocycles. The fourth-order valence-electron chi connectivity index (χ4n) is 1.72. The van der Waals surface area contributed by atoms with Crippen molar-refractivity contribution in [3.05, 3.63) is 35.9 Å². The summed E-state index contributed by atoms with van der Waals surface area (Å²) in [6.45, 7) is 1.37. The molecule has 0 fully saturated rings. The number of thiocarbonyl (C=S) groups is 1. The van der Waals surface area contributed by atoms with Crippen LogP contribution < -0.4 is 5.32 Å². The van der Waals surface area contributed by atoms with E-state index in [1.54, 1.807) is 12.1 Å². The van der Waals surface area contributed by atoms with Crippen LogP contribution in [0, 0.1) is 5.92 Å². The monoisotopic (exact) mass is 246 g/mol. The van der Waals surface area contributed by atoms with E-state index in [9.17, 15) is 9.59 Å². The SMILES string of the molecule is CC(=O)C1C(=O)NC(=S)N=C1c1ccccc1. The summed E-state index contributed by atoms with van der Waals surface area (Å²) < 4.78 is 0. The number of hydrogen-bond acceptors (Lipinski definition) is 3. The van der Waals surface area contributed by atoms with E-state index < -0.39 is 11.8 Å². The molecular formula is C12H10N2O2S. The molecule has 5 heteroatoms. The lowest BCUT2D eigenvalue weighted by atomic mass is 9.91. The number of aliphatic imine (C=N–C) groups is 1. The Balaban J connectivity index is 2.51. The van der Waals surface area contributed by atoms with Crippen molar-refractivity contribution in [3.63, 3.8) is 0 Å². The molecule has 0 spiro atoms. The van der Waals surface area contributed by atoms with Crippen LogP contribution in [0.1, 0.15) is 12.5 Å². The van der Waals surface area contributed by atoms with Crippen molar-refractivity contribution in [1.29, 1.82) is 0 Å². The van der Waals surface area contributed by atoms with Crippen molar-refractivity contribution in [2.45, 2.75) is 6.92 Å². The summed E-state index contributed by atoms with van der Waals surface area (Å²) in [5.74, 6) is -1.52. The average Bonchev–Trinajstić information content (AvgIpc) is 2.28. The summed E-state index contributed by atoms with van der Waals surface area (Å²) in [4.78, 5) is 27.3. The van der Waals surface area contributed by atoms with Crippen LogP contribution in [0.25, 0.3) is 0 Å². The summed E-state index contributed by atoms with van der Waals surface area (Å²) in [6.07, 6.45) is 0. The first-order valence-corrected chi connectivity index (χ1v) is 5.49. The predicted octanol–water partition coefficient (Wildman–Crippen LogP) is 1.10. The molecule has 0 bridgehead atoms. The fourth-order valence-corrected chi connectivity index (χ4v) is 1.92. The molecule has 0 radical (unpaired) electrons. The Bertz CT molecular complexity index is 523.